The maximum atomic E-state index is 12.2. The van der Waals surface area contributed by atoms with Crippen LogP contribution in [-0.4, -0.2) is 31.3 Å². The molecule has 1 fully saturated rings. The van der Waals surface area contributed by atoms with Gasteiger partial charge in [-0.3, -0.25) is 4.79 Å². The zero-order chi connectivity index (χ0) is 12.2. The molecule has 5 nitrogen and oxygen atoms in total. The highest BCUT2D eigenvalue weighted by atomic mass is 16.7. The van der Waals surface area contributed by atoms with Gasteiger partial charge in [0.2, 0.25) is 12.5 Å². The normalized spacial score (nSPS) is 28.3. The lowest BCUT2D eigenvalue weighted by Gasteiger charge is -2.34. The van der Waals surface area contributed by atoms with Crippen molar-refractivity contribution in [1.29, 1.82) is 0 Å². The molecule has 0 saturated carbocycles. The van der Waals surface area contributed by atoms with Crippen LogP contribution in [0, 0.1) is 0 Å². The number of Topliss-reactive ketones (excluding diaryl/α,β-unsaturated/α-hetero) is 1. The lowest BCUT2D eigenvalue weighted by Crippen LogP contribution is -2.43. The van der Waals surface area contributed by atoms with Gasteiger partial charge in [-0.15, -0.1) is 0 Å². The van der Waals surface area contributed by atoms with E-state index in [1.54, 1.807) is 12.1 Å². The van der Waals surface area contributed by atoms with Gasteiger partial charge < -0.3 is 19.5 Å². The van der Waals surface area contributed by atoms with E-state index in [0.29, 0.717) is 35.8 Å². The second kappa shape index (κ2) is 3.38. The lowest BCUT2D eigenvalue weighted by atomic mass is 9.89. The molecule has 1 N–H and O–H groups in total. The summed E-state index contributed by atoms with van der Waals surface area (Å²) >= 11 is 0. The quantitative estimate of drug-likeness (QED) is 0.744. The number of ketones is 1. The third-order valence-electron chi connectivity index (χ3n) is 3.80. The molecule has 0 bridgehead atoms. The Morgan fingerprint density at radius 3 is 3.00 bits per heavy atom. The molecule has 3 aliphatic rings. The molecular formula is C13H13NO4. The molecule has 1 spiro atoms. The minimum atomic E-state index is -0.398. The van der Waals surface area contributed by atoms with Gasteiger partial charge in [-0.25, -0.2) is 0 Å². The number of carbonyl (C=O) groups excluding carboxylic acids is 1. The largest absolute Gasteiger partial charge is 0.481 e. The van der Waals surface area contributed by atoms with Crippen LogP contribution in [-0.2, 0) is 0 Å². The Morgan fingerprint density at radius 2 is 2.17 bits per heavy atom. The first-order valence-electron chi connectivity index (χ1n) is 6.13. The lowest BCUT2D eigenvalue weighted by molar-refractivity contribution is 0.0501. The SMILES string of the molecule is O=C1CC2(CCNC2)Oc2c1ccc1c2OCO1. The van der Waals surface area contributed by atoms with E-state index in [0.717, 1.165) is 13.0 Å². The summed E-state index contributed by atoms with van der Waals surface area (Å²) in [5.41, 5.74) is 0.210. The number of benzene rings is 1. The predicted molar refractivity (Wildman–Crippen MR) is 62.4 cm³/mol. The Kier molecular flexibility index (Phi) is 1.92. The molecule has 0 aromatic heterocycles. The van der Waals surface area contributed by atoms with Gasteiger partial charge in [-0.2, -0.15) is 0 Å². The maximum Gasteiger partial charge on any atom is 0.231 e. The van der Waals surface area contributed by atoms with Gasteiger partial charge in [0.15, 0.2) is 17.3 Å². The molecule has 0 aliphatic carbocycles. The third-order valence-corrected chi connectivity index (χ3v) is 3.80. The fraction of sp³-hybridized carbons (Fsp3) is 0.462. The van der Waals surface area contributed by atoms with Crippen molar-refractivity contribution in [3.05, 3.63) is 17.7 Å². The number of rotatable bonds is 0. The molecule has 1 unspecified atom stereocenters. The minimum Gasteiger partial charge on any atom is -0.481 e. The molecule has 3 aliphatic heterocycles. The number of fused-ring (bicyclic) bond motifs is 3. The molecule has 94 valence electrons. The van der Waals surface area contributed by atoms with E-state index in [9.17, 15) is 4.79 Å². The van der Waals surface area contributed by atoms with Crippen molar-refractivity contribution in [1.82, 2.24) is 5.32 Å². The van der Waals surface area contributed by atoms with Gasteiger partial charge in [-0.05, 0) is 18.7 Å². The van der Waals surface area contributed by atoms with Crippen LogP contribution >= 0.6 is 0 Å². The smallest absolute Gasteiger partial charge is 0.231 e. The molecule has 4 rings (SSSR count). The van der Waals surface area contributed by atoms with Gasteiger partial charge in [0.1, 0.15) is 5.60 Å². The summed E-state index contributed by atoms with van der Waals surface area (Å²) < 4.78 is 16.9. The summed E-state index contributed by atoms with van der Waals surface area (Å²) in [6, 6.07) is 3.54. The van der Waals surface area contributed by atoms with Crippen molar-refractivity contribution in [2.75, 3.05) is 19.9 Å². The Hall–Kier alpha value is -1.75. The number of ether oxygens (including phenoxy) is 3. The van der Waals surface area contributed by atoms with Crippen LogP contribution in [0.2, 0.25) is 0 Å². The van der Waals surface area contributed by atoms with E-state index in [1.807, 2.05) is 0 Å². The molecule has 5 heteroatoms. The molecular weight excluding hydrogens is 234 g/mol. The van der Waals surface area contributed by atoms with E-state index in [-0.39, 0.29) is 12.6 Å². The van der Waals surface area contributed by atoms with Crippen LogP contribution in [0.3, 0.4) is 0 Å². The van der Waals surface area contributed by atoms with E-state index in [2.05, 4.69) is 5.32 Å². The number of carbonyl (C=O) groups is 1. The monoisotopic (exact) mass is 247 g/mol. The first-order chi connectivity index (χ1) is 8.77. The van der Waals surface area contributed by atoms with Crippen LogP contribution in [0.5, 0.6) is 17.2 Å². The summed E-state index contributed by atoms with van der Waals surface area (Å²) in [6.07, 6.45) is 1.29. The Bertz CT molecular complexity index is 534. The maximum absolute atomic E-state index is 12.2. The molecule has 3 heterocycles. The zero-order valence-electron chi connectivity index (χ0n) is 9.82. The summed E-state index contributed by atoms with van der Waals surface area (Å²) in [7, 11) is 0. The summed E-state index contributed by atoms with van der Waals surface area (Å²) in [4.78, 5) is 12.2. The minimum absolute atomic E-state index is 0.123. The topological polar surface area (TPSA) is 56.8 Å². The number of hydrogen-bond donors (Lipinski definition) is 1. The fourth-order valence-corrected chi connectivity index (χ4v) is 2.87. The number of nitrogens with one attached hydrogen (secondary N) is 1. The van der Waals surface area contributed by atoms with Crippen molar-refractivity contribution in [2.45, 2.75) is 18.4 Å². The Balaban J connectivity index is 1.85. The zero-order valence-corrected chi connectivity index (χ0v) is 9.82. The van der Waals surface area contributed by atoms with E-state index < -0.39 is 5.60 Å². The van der Waals surface area contributed by atoms with Crippen molar-refractivity contribution >= 4 is 5.78 Å². The van der Waals surface area contributed by atoms with Gasteiger partial charge >= 0.3 is 0 Å². The van der Waals surface area contributed by atoms with Gasteiger partial charge in [0, 0.05) is 13.0 Å². The van der Waals surface area contributed by atoms with Crippen LogP contribution < -0.4 is 19.5 Å². The highest BCUT2D eigenvalue weighted by Gasteiger charge is 2.44. The standard InChI is InChI=1S/C13H13NO4/c15-9-5-13(3-4-14-6-13)18-11-8(9)1-2-10-12(11)17-7-16-10/h1-2,14H,3-7H2. The van der Waals surface area contributed by atoms with Crippen molar-refractivity contribution < 1.29 is 19.0 Å². The van der Waals surface area contributed by atoms with Gasteiger partial charge in [-0.1, -0.05) is 0 Å². The van der Waals surface area contributed by atoms with E-state index >= 15 is 0 Å². The first-order valence-corrected chi connectivity index (χ1v) is 6.13. The average Bonchev–Trinajstić information content (AvgIpc) is 2.98. The average molecular weight is 247 g/mol. The van der Waals surface area contributed by atoms with E-state index in [4.69, 9.17) is 14.2 Å². The van der Waals surface area contributed by atoms with E-state index in [1.165, 1.54) is 0 Å². The molecule has 0 radical (unpaired) electrons. The van der Waals surface area contributed by atoms with Crippen LogP contribution in [0.25, 0.3) is 0 Å². The van der Waals surface area contributed by atoms with Gasteiger partial charge in [0.05, 0.1) is 12.0 Å². The Morgan fingerprint density at radius 1 is 1.22 bits per heavy atom. The summed E-state index contributed by atoms with van der Waals surface area (Å²) in [6.45, 7) is 1.78. The van der Waals surface area contributed by atoms with Crippen molar-refractivity contribution in [3.8, 4) is 17.2 Å². The molecule has 1 atom stereocenters. The molecule has 1 aromatic rings. The fourth-order valence-electron chi connectivity index (χ4n) is 2.87. The third kappa shape index (κ3) is 1.28. The van der Waals surface area contributed by atoms with Crippen LogP contribution in [0.1, 0.15) is 23.2 Å². The van der Waals surface area contributed by atoms with Gasteiger partial charge in [0.25, 0.3) is 0 Å². The van der Waals surface area contributed by atoms with Crippen LogP contribution in [0.4, 0.5) is 0 Å². The van der Waals surface area contributed by atoms with Crippen molar-refractivity contribution in [2.24, 2.45) is 0 Å². The molecule has 1 saturated heterocycles. The summed E-state index contributed by atoms with van der Waals surface area (Å²) in [5.74, 6) is 1.92. The summed E-state index contributed by atoms with van der Waals surface area (Å²) in [5, 5.41) is 3.25. The molecule has 18 heavy (non-hydrogen) atoms. The Labute approximate surface area is 104 Å². The second-order valence-corrected chi connectivity index (χ2v) is 4.99. The predicted octanol–water partition coefficient (Wildman–Crippen LogP) is 1.11. The molecule has 1 aromatic carbocycles. The number of hydrogen-bond acceptors (Lipinski definition) is 5. The van der Waals surface area contributed by atoms with Crippen molar-refractivity contribution in [3.63, 3.8) is 0 Å². The molecule has 0 amide bonds. The highest BCUT2D eigenvalue weighted by molar-refractivity contribution is 6.01. The second-order valence-electron chi connectivity index (χ2n) is 4.99. The highest BCUT2D eigenvalue weighted by Crippen LogP contribution is 2.48. The first kappa shape index (κ1) is 10.2. The van der Waals surface area contributed by atoms with Crippen LogP contribution in [0.15, 0.2) is 12.1 Å².